The molecule has 0 unspecified atom stereocenters. The van der Waals surface area contributed by atoms with Crippen molar-refractivity contribution in [3.63, 3.8) is 0 Å². The number of aromatic nitrogens is 3. The molecule has 0 aliphatic heterocycles. The van der Waals surface area contributed by atoms with E-state index in [1.54, 1.807) is 6.07 Å². The van der Waals surface area contributed by atoms with E-state index < -0.39 is 15.8 Å². The Morgan fingerprint density at radius 2 is 2.00 bits per heavy atom. The highest BCUT2D eigenvalue weighted by atomic mass is 32.2. The Labute approximate surface area is 161 Å². The zero-order valence-corrected chi connectivity index (χ0v) is 15.5. The molecule has 0 saturated carbocycles. The molecule has 8 nitrogen and oxygen atoms in total. The van der Waals surface area contributed by atoms with Crippen LogP contribution >= 0.6 is 0 Å². The van der Waals surface area contributed by atoms with Gasteiger partial charge >= 0.3 is 0 Å². The molecule has 0 aliphatic rings. The number of hydrogen-bond acceptors (Lipinski definition) is 6. The average molecular weight is 400 g/mol. The quantitative estimate of drug-likeness (QED) is 0.582. The first kappa shape index (κ1) is 19.5. The van der Waals surface area contributed by atoms with Gasteiger partial charge in [-0.15, -0.1) is 0 Å². The third-order valence-electron chi connectivity index (χ3n) is 4.00. The maximum absolute atomic E-state index is 13.1. The van der Waals surface area contributed by atoms with E-state index in [9.17, 15) is 18.1 Å². The monoisotopic (exact) mass is 400 g/mol. The van der Waals surface area contributed by atoms with Gasteiger partial charge in [0.1, 0.15) is 28.2 Å². The van der Waals surface area contributed by atoms with Crippen LogP contribution in [0, 0.1) is 17.1 Å². The summed E-state index contributed by atoms with van der Waals surface area (Å²) in [5.41, 5.74) is 7.20. The molecule has 0 spiro atoms. The molecule has 144 valence electrons. The van der Waals surface area contributed by atoms with Gasteiger partial charge in [-0.1, -0.05) is 0 Å². The van der Waals surface area contributed by atoms with E-state index in [2.05, 4.69) is 14.8 Å². The van der Waals surface area contributed by atoms with Gasteiger partial charge < -0.3 is 5.73 Å². The average Bonchev–Trinajstić information content (AvgIpc) is 3.02. The number of aryl methyl sites for hydroxylation is 1. The summed E-state index contributed by atoms with van der Waals surface area (Å²) in [6, 6.07) is 10.6. The number of nitrogens with one attached hydrogen (secondary N) is 1. The van der Waals surface area contributed by atoms with E-state index in [4.69, 9.17) is 5.73 Å². The van der Waals surface area contributed by atoms with Crippen LogP contribution < -0.4 is 10.5 Å². The summed E-state index contributed by atoms with van der Waals surface area (Å²) in [5.74, 6) is -0.240. The van der Waals surface area contributed by atoms with Crippen LogP contribution in [-0.4, -0.2) is 29.7 Å². The largest absolute Gasteiger partial charge is 0.382 e. The van der Waals surface area contributed by atoms with Crippen LogP contribution in [0.5, 0.6) is 0 Å². The lowest BCUT2D eigenvalue weighted by Gasteiger charge is -2.05. The predicted molar refractivity (Wildman–Crippen MR) is 100 cm³/mol. The lowest BCUT2D eigenvalue weighted by Crippen LogP contribution is -2.25. The van der Waals surface area contributed by atoms with Crippen LogP contribution in [0.2, 0.25) is 0 Å². The number of nitrogen functional groups attached to an aromatic ring is 1. The fraction of sp³-hybridized carbons (Fsp3) is 0.167. The molecule has 2 heterocycles. The number of nitrogens with two attached hydrogens (primary N) is 1. The number of nitriles is 1. The molecule has 0 aliphatic carbocycles. The Kier molecular flexibility index (Phi) is 5.67. The van der Waals surface area contributed by atoms with Gasteiger partial charge in [0.2, 0.25) is 10.0 Å². The fourth-order valence-corrected chi connectivity index (χ4v) is 3.64. The van der Waals surface area contributed by atoms with Crippen LogP contribution in [0.4, 0.5) is 10.2 Å². The number of nitrogens with zero attached hydrogens (tertiary/aromatic N) is 4. The first-order valence-corrected chi connectivity index (χ1v) is 9.84. The molecule has 0 fully saturated rings. The van der Waals surface area contributed by atoms with Gasteiger partial charge in [0, 0.05) is 18.9 Å². The molecule has 0 saturated heterocycles. The van der Waals surface area contributed by atoms with E-state index in [-0.39, 0.29) is 22.8 Å². The molecule has 2 aromatic heterocycles. The van der Waals surface area contributed by atoms with Gasteiger partial charge in [-0.2, -0.15) is 10.4 Å². The Morgan fingerprint density at radius 1 is 1.25 bits per heavy atom. The van der Waals surface area contributed by atoms with Crippen molar-refractivity contribution in [3.05, 3.63) is 65.9 Å². The van der Waals surface area contributed by atoms with Crippen molar-refractivity contribution in [2.24, 2.45) is 0 Å². The molecule has 3 N–H and O–H groups in total. The van der Waals surface area contributed by atoms with Gasteiger partial charge in [0.05, 0.1) is 11.4 Å². The lowest BCUT2D eigenvalue weighted by atomic mass is 10.1. The van der Waals surface area contributed by atoms with Crippen LogP contribution in [0.15, 0.2) is 53.7 Å². The number of halogens is 1. The Bertz CT molecular complexity index is 1110. The third-order valence-corrected chi connectivity index (χ3v) is 5.45. The van der Waals surface area contributed by atoms with E-state index in [1.807, 2.05) is 6.07 Å². The van der Waals surface area contributed by atoms with Gasteiger partial charge in [-0.3, -0.25) is 4.98 Å². The summed E-state index contributed by atoms with van der Waals surface area (Å²) in [4.78, 5) is 3.87. The van der Waals surface area contributed by atoms with Gasteiger partial charge in [0.15, 0.2) is 0 Å². The second-order valence-corrected chi connectivity index (χ2v) is 7.66. The van der Waals surface area contributed by atoms with E-state index in [1.165, 1.54) is 47.4 Å². The van der Waals surface area contributed by atoms with Crippen LogP contribution in [0.1, 0.15) is 17.7 Å². The third kappa shape index (κ3) is 4.16. The molecular formula is C18H17FN6O2S. The predicted octanol–water partition coefficient (Wildman–Crippen LogP) is 1.77. The normalized spacial score (nSPS) is 11.3. The maximum Gasteiger partial charge on any atom is 0.242 e. The highest BCUT2D eigenvalue weighted by molar-refractivity contribution is 7.89. The Hall–Kier alpha value is -3.29. The summed E-state index contributed by atoms with van der Waals surface area (Å²) in [7, 11) is -3.64. The van der Waals surface area contributed by atoms with Crippen molar-refractivity contribution in [1.29, 1.82) is 5.26 Å². The number of benzene rings is 1. The molecule has 1 aromatic carbocycles. The van der Waals surface area contributed by atoms with Crippen molar-refractivity contribution >= 4 is 15.8 Å². The topological polar surface area (TPSA) is 127 Å². The van der Waals surface area contributed by atoms with Crippen molar-refractivity contribution < 1.29 is 12.8 Å². The van der Waals surface area contributed by atoms with Crippen molar-refractivity contribution in [1.82, 2.24) is 19.5 Å². The molecular weight excluding hydrogens is 383 g/mol. The van der Waals surface area contributed by atoms with Crippen molar-refractivity contribution in [2.75, 3.05) is 12.3 Å². The molecule has 28 heavy (non-hydrogen) atoms. The first-order chi connectivity index (χ1) is 13.4. The fourth-order valence-electron chi connectivity index (χ4n) is 2.61. The maximum atomic E-state index is 13.1. The standard InChI is InChI=1S/C18H17FN6O2S/c19-13-5-7-14(8-6-13)25-18(21)16(11-20)17(24-25)4-2-10-23-28(26,27)15-3-1-9-22-12-15/h1,3,5-9,12,23H,2,4,10,21H2. The summed E-state index contributed by atoms with van der Waals surface area (Å²) in [6.07, 6.45) is 3.51. The summed E-state index contributed by atoms with van der Waals surface area (Å²) < 4.78 is 41.3. The minimum absolute atomic E-state index is 0.0811. The number of pyridine rings is 1. The first-order valence-electron chi connectivity index (χ1n) is 8.35. The van der Waals surface area contributed by atoms with Gasteiger partial charge in [-0.05, 0) is 49.2 Å². The molecule has 0 bridgehead atoms. The Balaban J connectivity index is 1.69. The molecule has 3 aromatic rings. The van der Waals surface area contributed by atoms with E-state index in [0.29, 0.717) is 24.2 Å². The summed E-state index contributed by atoms with van der Waals surface area (Å²) >= 11 is 0. The molecule has 10 heteroatoms. The minimum Gasteiger partial charge on any atom is -0.382 e. The highest BCUT2D eigenvalue weighted by Gasteiger charge is 2.17. The zero-order valence-electron chi connectivity index (χ0n) is 14.7. The minimum atomic E-state index is -3.64. The molecule has 0 amide bonds. The molecule has 0 radical (unpaired) electrons. The smallest absolute Gasteiger partial charge is 0.242 e. The Morgan fingerprint density at radius 3 is 2.64 bits per heavy atom. The van der Waals surface area contributed by atoms with Crippen LogP contribution in [-0.2, 0) is 16.4 Å². The molecule has 3 rings (SSSR count). The number of rotatable bonds is 7. The number of hydrogen-bond donors (Lipinski definition) is 2. The van der Waals surface area contributed by atoms with Gasteiger partial charge in [-0.25, -0.2) is 22.2 Å². The number of sulfonamides is 1. The zero-order chi connectivity index (χ0) is 20.1. The second kappa shape index (κ2) is 8.16. The van der Waals surface area contributed by atoms with Crippen LogP contribution in [0.25, 0.3) is 5.69 Å². The van der Waals surface area contributed by atoms with Gasteiger partial charge in [0.25, 0.3) is 0 Å². The van der Waals surface area contributed by atoms with E-state index >= 15 is 0 Å². The van der Waals surface area contributed by atoms with Crippen molar-refractivity contribution in [2.45, 2.75) is 17.7 Å². The lowest BCUT2D eigenvalue weighted by molar-refractivity contribution is 0.578. The summed E-state index contributed by atoms with van der Waals surface area (Å²) in [5, 5.41) is 13.7. The SMILES string of the molecule is N#Cc1c(CCCNS(=O)(=O)c2cccnc2)nn(-c2ccc(F)cc2)c1N. The molecule has 0 atom stereocenters. The van der Waals surface area contributed by atoms with Crippen LogP contribution in [0.3, 0.4) is 0 Å². The number of anilines is 1. The second-order valence-electron chi connectivity index (χ2n) is 5.90. The summed E-state index contributed by atoms with van der Waals surface area (Å²) in [6.45, 7) is 0.158. The highest BCUT2D eigenvalue weighted by Crippen LogP contribution is 2.21. The van der Waals surface area contributed by atoms with Crippen molar-refractivity contribution in [3.8, 4) is 11.8 Å². The van der Waals surface area contributed by atoms with E-state index in [0.717, 1.165) is 0 Å².